The quantitative estimate of drug-likeness (QED) is 0.717. The molecule has 2 aliphatic rings. The minimum atomic E-state index is -0.201. The molecule has 1 heterocycles. The average molecular weight is 355 g/mol. The van der Waals surface area contributed by atoms with Crippen molar-refractivity contribution in [3.63, 3.8) is 0 Å². The highest BCUT2D eigenvalue weighted by Gasteiger charge is 2.45. The zero-order valence-corrected chi connectivity index (χ0v) is 15.5. The molecule has 0 aliphatic heterocycles. The topological polar surface area (TPSA) is 39.2 Å². The molecule has 2 unspecified atom stereocenters. The second-order valence-corrected chi connectivity index (χ2v) is 8.02. The van der Waals surface area contributed by atoms with E-state index < -0.39 is 0 Å². The van der Waals surface area contributed by atoms with Crippen molar-refractivity contribution in [1.82, 2.24) is 4.98 Å². The summed E-state index contributed by atoms with van der Waals surface area (Å²) in [6.45, 7) is 4.33. The van der Waals surface area contributed by atoms with Crippen LogP contribution in [-0.4, -0.2) is 17.6 Å². The molecule has 3 nitrogen and oxygen atoms in total. The normalized spacial score (nSPS) is 28.9. The van der Waals surface area contributed by atoms with Gasteiger partial charge in [-0.1, -0.05) is 6.92 Å². The van der Waals surface area contributed by atoms with Crippen molar-refractivity contribution in [2.45, 2.75) is 45.4 Å². The number of rotatable bonds is 4. The molecule has 26 heavy (non-hydrogen) atoms. The predicted molar refractivity (Wildman–Crippen MR) is 99.2 cm³/mol. The lowest BCUT2D eigenvalue weighted by atomic mass is 9.86. The maximum absolute atomic E-state index is 13.7. The second-order valence-electron chi connectivity index (χ2n) is 8.02. The number of fused-ring (bicyclic) bond motifs is 2. The lowest BCUT2D eigenvalue weighted by Gasteiger charge is -2.20. The van der Waals surface area contributed by atoms with Crippen molar-refractivity contribution in [3.8, 4) is 0 Å². The first-order chi connectivity index (χ1) is 12.6. The third-order valence-electron chi connectivity index (χ3n) is 6.59. The summed E-state index contributed by atoms with van der Waals surface area (Å²) in [4.78, 5) is 16.4. The molecule has 2 saturated carbocycles. The van der Waals surface area contributed by atoms with Gasteiger partial charge in [0.25, 0.3) is 0 Å². The first-order valence-electron chi connectivity index (χ1n) is 9.77. The number of carbonyl (C=O) groups excluding carboxylic acids is 1. The van der Waals surface area contributed by atoms with Gasteiger partial charge in [0, 0.05) is 11.6 Å². The Morgan fingerprint density at radius 1 is 1.23 bits per heavy atom. The third kappa shape index (κ3) is 3.10. The fourth-order valence-electron chi connectivity index (χ4n) is 5.29. The fraction of sp³-hybridized carbons (Fsp3) is 0.545. The van der Waals surface area contributed by atoms with Crippen LogP contribution in [0.2, 0.25) is 0 Å². The van der Waals surface area contributed by atoms with E-state index in [1.807, 2.05) is 20.0 Å². The summed E-state index contributed by atoms with van der Waals surface area (Å²) in [5, 5.41) is 0.953. The first kappa shape index (κ1) is 17.4. The molecule has 4 heteroatoms. The molecule has 0 saturated heterocycles. The largest absolute Gasteiger partial charge is 0.466 e. The molecule has 0 radical (unpaired) electrons. The van der Waals surface area contributed by atoms with Crippen LogP contribution in [0.4, 0.5) is 4.39 Å². The molecular formula is C22H26FNO2. The van der Waals surface area contributed by atoms with Crippen molar-refractivity contribution in [3.05, 3.63) is 41.8 Å². The summed E-state index contributed by atoms with van der Waals surface area (Å²) in [5.41, 5.74) is 2.11. The van der Waals surface area contributed by atoms with Gasteiger partial charge in [-0.3, -0.25) is 9.78 Å². The second kappa shape index (κ2) is 6.98. The van der Waals surface area contributed by atoms with Crippen molar-refractivity contribution in [1.29, 1.82) is 0 Å². The number of pyridine rings is 1. The van der Waals surface area contributed by atoms with E-state index in [1.54, 1.807) is 12.1 Å². The molecule has 0 N–H and O–H groups in total. The Hall–Kier alpha value is -1.97. The molecule has 2 aromatic rings. The summed E-state index contributed by atoms with van der Waals surface area (Å²) in [7, 11) is 0. The first-order valence-corrected chi connectivity index (χ1v) is 9.77. The van der Waals surface area contributed by atoms with Gasteiger partial charge in [-0.15, -0.1) is 0 Å². The lowest BCUT2D eigenvalue weighted by molar-refractivity contribution is -0.149. The molecule has 5 atom stereocenters. The van der Waals surface area contributed by atoms with E-state index in [4.69, 9.17) is 4.74 Å². The van der Waals surface area contributed by atoms with Gasteiger partial charge in [-0.25, -0.2) is 4.39 Å². The highest BCUT2D eigenvalue weighted by molar-refractivity contribution is 5.82. The number of hydrogen-bond acceptors (Lipinski definition) is 3. The van der Waals surface area contributed by atoms with E-state index >= 15 is 0 Å². The Bertz CT molecular complexity index is 807. The number of aromatic nitrogens is 1. The Balaban J connectivity index is 1.49. The Morgan fingerprint density at radius 3 is 2.65 bits per heavy atom. The van der Waals surface area contributed by atoms with Crippen LogP contribution >= 0.6 is 0 Å². The maximum atomic E-state index is 13.7. The predicted octanol–water partition coefficient (Wildman–Crippen LogP) is 5.09. The van der Waals surface area contributed by atoms with Gasteiger partial charge in [0.15, 0.2) is 0 Å². The van der Waals surface area contributed by atoms with E-state index in [0.29, 0.717) is 30.3 Å². The van der Waals surface area contributed by atoms with E-state index in [9.17, 15) is 9.18 Å². The van der Waals surface area contributed by atoms with Crippen LogP contribution in [0.5, 0.6) is 0 Å². The summed E-state index contributed by atoms with van der Waals surface area (Å²) >= 11 is 0. The average Bonchev–Trinajstić information content (AvgIpc) is 3.19. The van der Waals surface area contributed by atoms with E-state index in [2.05, 4.69) is 11.1 Å². The summed E-state index contributed by atoms with van der Waals surface area (Å²) in [5.74, 6) is 1.98. The van der Waals surface area contributed by atoms with Crippen molar-refractivity contribution in [2.75, 3.05) is 6.61 Å². The van der Waals surface area contributed by atoms with Crippen LogP contribution in [-0.2, 0) is 9.53 Å². The summed E-state index contributed by atoms with van der Waals surface area (Å²) < 4.78 is 18.9. The minimum Gasteiger partial charge on any atom is -0.466 e. The maximum Gasteiger partial charge on any atom is 0.308 e. The van der Waals surface area contributed by atoms with Gasteiger partial charge < -0.3 is 4.74 Å². The van der Waals surface area contributed by atoms with Gasteiger partial charge in [-0.2, -0.15) is 0 Å². The van der Waals surface area contributed by atoms with Crippen LogP contribution in [0.25, 0.3) is 10.9 Å². The minimum absolute atomic E-state index is 0.00477. The fourth-order valence-corrected chi connectivity index (χ4v) is 5.29. The number of halogens is 1. The van der Waals surface area contributed by atoms with Crippen LogP contribution in [0.1, 0.15) is 51.0 Å². The van der Waals surface area contributed by atoms with E-state index in [0.717, 1.165) is 36.6 Å². The molecule has 2 aliphatic carbocycles. The Kier molecular flexibility index (Phi) is 4.68. The molecule has 2 fully saturated rings. The van der Waals surface area contributed by atoms with Gasteiger partial charge in [0.2, 0.25) is 0 Å². The van der Waals surface area contributed by atoms with Gasteiger partial charge in [0.1, 0.15) is 5.82 Å². The molecule has 0 bridgehead atoms. The highest BCUT2D eigenvalue weighted by Crippen LogP contribution is 2.54. The number of hydrogen-bond donors (Lipinski definition) is 0. The highest BCUT2D eigenvalue weighted by atomic mass is 19.1. The Labute approximate surface area is 154 Å². The lowest BCUT2D eigenvalue weighted by Crippen LogP contribution is -2.22. The standard InChI is InChI=1S/C22H26FNO2/c1-3-26-22(25)13(2)14-8-15-10-17(11-16(15)9-14)19-6-7-24-21-5-4-18(23)12-20(19)21/h4-7,12-17H,3,8-11H2,1-2H3/t13?,14-,15+,16?,17-/m1/s1. The summed E-state index contributed by atoms with van der Waals surface area (Å²) in [6, 6.07) is 6.93. The number of nitrogens with zero attached hydrogens (tertiary/aromatic N) is 1. The van der Waals surface area contributed by atoms with Crippen LogP contribution in [0.3, 0.4) is 0 Å². The molecule has 138 valence electrons. The summed E-state index contributed by atoms with van der Waals surface area (Å²) in [6.07, 6.45) is 6.32. The number of esters is 1. The van der Waals surface area contributed by atoms with Crippen LogP contribution < -0.4 is 0 Å². The molecule has 4 rings (SSSR count). The van der Waals surface area contributed by atoms with E-state index in [-0.39, 0.29) is 17.7 Å². The van der Waals surface area contributed by atoms with Crippen molar-refractivity contribution >= 4 is 16.9 Å². The van der Waals surface area contributed by atoms with Gasteiger partial charge in [0.05, 0.1) is 18.0 Å². The smallest absolute Gasteiger partial charge is 0.308 e. The van der Waals surface area contributed by atoms with Crippen molar-refractivity contribution < 1.29 is 13.9 Å². The number of ether oxygens (including phenoxy) is 1. The Morgan fingerprint density at radius 2 is 1.96 bits per heavy atom. The molecule has 1 aromatic heterocycles. The number of carbonyl (C=O) groups is 1. The van der Waals surface area contributed by atoms with Crippen LogP contribution in [0.15, 0.2) is 30.5 Å². The van der Waals surface area contributed by atoms with Crippen molar-refractivity contribution in [2.24, 2.45) is 23.7 Å². The monoisotopic (exact) mass is 355 g/mol. The third-order valence-corrected chi connectivity index (χ3v) is 6.59. The van der Waals surface area contributed by atoms with Gasteiger partial charge in [-0.05, 0) is 86.1 Å². The van der Waals surface area contributed by atoms with Crippen LogP contribution in [0, 0.1) is 29.5 Å². The molecule has 1 aromatic carbocycles. The zero-order valence-electron chi connectivity index (χ0n) is 15.5. The SMILES string of the molecule is CCOC(=O)C(C)[C@H]1CC2C[C@H](c3ccnc4ccc(F)cc34)C[C@@H]2C1. The zero-order chi connectivity index (χ0) is 18.3. The van der Waals surface area contributed by atoms with E-state index in [1.165, 1.54) is 11.6 Å². The molecule has 0 spiro atoms. The molecular weight excluding hydrogens is 329 g/mol. The molecule has 0 amide bonds. The number of benzene rings is 1. The van der Waals surface area contributed by atoms with Gasteiger partial charge >= 0.3 is 5.97 Å².